The molecule has 0 saturated heterocycles. The van der Waals surface area contributed by atoms with Crippen LogP contribution in [0.25, 0.3) is 0 Å². The highest BCUT2D eigenvalue weighted by molar-refractivity contribution is 6.18. The molecule has 0 saturated carbocycles. The molecule has 0 unspecified atom stereocenters. The molecule has 0 bridgehead atoms. The maximum Gasteiger partial charge on any atom is 0.303 e. The van der Waals surface area contributed by atoms with Gasteiger partial charge in [0.15, 0.2) is 0 Å². The average molecular weight is 267 g/mol. The van der Waals surface area contributed by atoms with Gasteiger partial charge in [0.2, 0.25) is 0 Å². The Morgan fingerprint density at radius 1 is 1.11 bits per heavy atom. The molecule has 0 atom stereocenters. The van der Waals surface area contributed by atoms with Gasteiger partial charge in [-0.15, -0.1) is 0 Å². The Kier molecular flexibility index (Phi) is 4.50. The van der Waals surface area contributed by atoms with E-state index in [1.54, 1.807) is 13.8 Å². The first-order chi connectivity index (χ1) is 8.65. The number of amides is 2. The van der Waals surface area contributed by atoms with Gasteiger partial charge in [-0.1, -0.05) is 13.8 Å². The highest BCUT2D eigenvalue weighted by Gasteiger charge is 2.34. The van der Waals surface area contributed by atoms with Crippen LogP contribution in [0.2, 0.25) is 0 Å². The second kappa shape index (κ2) is 5.55. The topological polar surface area (TPSA) is 74.7 Å². The standard InChI is InChI=1S/C14H21NO4/c1-9-10(2)13(19)15(12(9)18)8-7-14(3,4)6-5-11(16)17/h5-8H2,1-4H3,(H,16,17). The second-order valence-electron chi connectivity index (χ2n) is 5.82. The van der Waals surface area contributed by atoms with E-state index in [0.717, 1.165) is 0 Å². The summed E-state index contributed by atoms with van der Waals surface area (Å²) in [5.74, 6) is -1.28. The zero-order valence-corrected chi connectivity index (χ0v) is 11.9. The van der Waals surface area contributed by atoms with Crippen LogP contribution in [-0.4, -0.2) is 34.3 Å². The molecule has 0 aromatic carbocycles. The van der Waals surface area contributed by atoms with Gasteiger partial charge in [-0.25, -0.2) is 0 Å². The van der Waals surface area contributed by atoms with Gasteiger partial charge >= 0.3 is 5.97 Å². The summed E-state index contributed by atoms with van der Waals surface area (Å²) in [4.78, 5) is 35.6. The fraction of sp³-hybridized carbons (Fsp3) is 0.643. The lowest BCUT2D eigenvalue weighted by Gasteiger charge is -2.26. The molecule has 5 nitrogen and oxygen atoms in total. The molecular weight excluding hydrogens is 246 g/mol. The Labute approximate surface area is 113 Å². The molecular formula is C14H21NO4. The molecule has 0 fully saturated rings. The minimum atomic E-state index is -0.824. The summed E-state index contributed by atoms with van der Waals surface area (Å²) in [6, 6.07) is 0. The quantitative estimate of drug-likeness (QED) is 0.747. The van der Waals surface area contributed by atoms with Gasteiger partial charge in [0.25, 0.3) is 11.8 Å². The van der Waals surface area contributed by atoms with Crippen molar-refractivity contribution >= 4 is 17.8 Å². The number of hydrogen-bond acceptors (Lipinski definition) is 3. The van der Waals surface area contributed by atoms with Crippen LogP contribution in [0, 0.1) is 5.41 Å². The van der Waals surface area contributed by atoms with E-state index in [1.807, 2.05) is 13.8 Å². The third kappa shape index (κ3) is 3.66. The molecule has 1 rings (SSSR count). The van der Waals surface area contributed by atoms with Crippen LogP contribution in [0.4, 0.5) is 0 Å². The van der Waals surface area contributed by atoms with Gasteiger partial charge < -0.3 is 5.11 Å². The fourth-order valence-corrected chi connectivity index (χ4v) is 2.01. The van der Waals surface area contributed by atoms with Crippen molar-refractivity contribution in [2.75, 3.05) is 6.54 Å². The Morgan fingerprint density at radius 3 is 2.00 bits per heavy atom. The lowest BCUT2D eigenvalue weighted by Crippen LogP contribution is -2.34. The monoisotopic (exact) mass is 267 g/mol. The molecule has 106 valence electrons. The molecule has 2 amide bonds. The summed E-state index contributed by atoms with van der Waals surface area (Å²) in [6.45, 7) is 7.57. The highest BCUT2D eigenvalue weighted by Crippen LogP contribution is 2.29. The molecule has 1 heterocycles. The van der Waals surface area contributed by atoms with E-state index < -0.39 is 5.97 Å². The summed E-state index contributed by atoms with van der Waals surface area (Å²) in [5, 5.41) is 8.68. The van der Waals surface area contributed by atoms with Crippen molar-refractivity contribution in [3.8, 4) is 0 Å². The second-order valence-corrected chi connectivity index (χ2v) is 5.82. The number of nitrogens with zero attached hydrogens (tertiary/aromatic N) is 1. The number of carbonyl (C=O) groups is 3. The van der Waals surface area contributed by atoms with Crippen LogP contribution in [0.15, 0.2) is 11.1 Å². The minimum Gasteiger partial charge on any atom is -0.481 e. The number of hydrogen-bond donors (Lipinski definition) is 1. The van der Waals surface area contributed by atoms with Crippen molar-refractivity contribution in [1.82, 2.24) is 4.90 Å². The van der Waals surface area contributed by atoms with Crippen LogP contribution in [-0.2, 0) is 14.4 Å². The SMILES string of the molecule is CC1=C(C)C(=O)N(CCC(C)(C)CCC(=O)O)C1=O. The number of imide groups is 1. The fourth-order valence-electron chi connectivity index (χ4n) is 2.01. The van der Waals surface area contributed by atoms with E-state index in [4.69, 9.17) is 5.11 Å². The van der Waals surface area contributed by atoms with E-state index in [0.29, 0.717) is 30.5 Å². The molecule has 1 aliphatic rings. The first-order valence-electron chi connectivity index (χ1n) is 6.41. The van der Waals surface area contributed by atoms with Gasteiger partial charge in [0.05, 0.1) is 0 Å². The van der Waals surface area contributed by atoms with Gasteiger partial charge in [-0.3, -0.25) is 19.3 Å². The number of carboxylic acid groups (broad SMARTS) is 1. The molecule has 0 aromatic heterocycles. The summed E-state index contributed by atoms with van der Waals surface area (Å²) < 4.78 is 0. The Morgan fingerprint density at radius 2 is 1.58 bits per heavy atom. The number of aliphatic carboxylic acids is 1. The van der Waals surface area contributed by atoms with Crippen LogP contribution in [0.3, 0.4) is 0 Å². The number of carboxylic acids is 1. The third-order valence-corrected chi connectivity index (χ3v) is 3.72. The Bertz CT molecular complexity index is 424. The van der Waals surface area contributed by atoms with Crippen molar-refractivity contribution in [1.29, 1.82) is 0 Å². The first kappa shape index (κ1) is 15.4. The summed E-state index contributed by atoms with van der Waals surface area (Å²) in [6.07, 6.45) is 1.24. The minimum absolute atomic E-state index is 0.102. The van der Waals surface area contributed by atoms with Gasteiger partial charge in [-0.05, 0) is 32.1 Å². The first-order valence-corrected chi connectivity index (χ1v) is 6.41. The van der Waals surface area contributed by atoms with Crippen LogP contribution in [0.5, 0.6) is 0 Å². The van der Waals surface area contributed by atoms with E-state index in [-0.39, 0.29) is 23.7 Å². The van der Waals surface area contributed by atoms with E-state index in [9.17, 15) is 14.4 Å². The summed E-state index contributed by atoms with van der Waals surface area (Å²) >= 11 is 0. The largest absolute Gasteiger partial charge is 0.481 e. The van der Waals surface area contributed by atoms with Gasteiger partial charge in [0.1, 0.15) is 0 Å². The summed E-state index contributed by atoms with van der Waals surface area (Å²) in [5.41, 5.74) is 0.810. The zero-order chi connectivity index (χ0) is 14.8. The lowest BCUT2D eigenvalue weighted by atomic mass is 9.84. The zero-order valence-electron chi connectivity index (χ0n) is 11.9. The van der Waals surface area contributed by atoms with Crippen LogP contribution < -0.4 is 0 Å². The molecule has 0 aliphatic carbocycles. The predicted octanol–water partition coefficient (Wildman–Crippen LogP) is 1.97. The normalized spacial score (nSPS) is 16.5. The maximum absolute atomic E-state index is 11.9. The van der Waals surface area contributed by atoms with E-state index in [2.05, 4.69) is 0 Å². The molecule has 1 aliphatic heterocycles. The highest BCUT2D eigenvalue weighted by atomic mass is 16.4. The van der Waals surface area contributed by atoms with Crippen LogP contribution >= 0.6 is 0 Å². The third-order valence-electron chi connectivity index (χ3n) is 3.72. The van der Waals surface area contributed by atoms with Crippen LogP contribution in [0.1, 0.15) is 47.0 Å². The Hall–Kier alpha value is -1.65. The lowest BCUT2D eigenvalue weighted by molar-refractivity contribution is -0.139. The Balaban J connectivity index is 2.56. The van der Waals surface area contributed by atoms with E-state index in [1.165, 1.54) is 4.90 Å². The van der Waals surface area contributed by atoms with Crippen molar-refractivity contribution in [2.24, 2.45) is 5.41 Å². The van der Waals surface area contributed by atoms with Gasteiger partial charge in [-0.2, -0.15) is 0 Å². The van der Waals surface area contributed by atoms with Crippen molar-refractivity contribution in [2.45, 2.75) is 47.0 Å². The van der Waals surface area contributed by atoms with Gasteiger partial charge in [0, 0.05) is 24.1 Å². The summed E-state index contributed by atoms with van der Waals surface area (Å²) in [7, 11) is 0. The molecule has 0 spiro atoms. The molecule has 0 radical (unpaired) electrons. The molecule has 0 aromatic rings. The van der Waals surface area contributed by atoms with Crippen molar-refractivity contribution in [3.05, 3.63) is 11.1 Å². The molecule has 19 heavy (non-hydrogen) atoms. The number of carbonyl (C=O) groups excluding carboxylic acids is 2. The van der Waals surface area contributed by atoms with Crippen molar-refractivity contribution < 1.29 is 19.5 Å². The number of rotatable bonds is 6. The molecule has 1 N–H and O–H groups in total. The van der Waals surface area contributed by atoms with E-state index >= 15 is 0 Å². The smallest absolute Gasteiger partial charge is 0.303 e. The molecule has 5 heteroatoms. The average Bonchev–Trinajstić information content (AvgIpc) is 2.50. The predicted molar refractivity (Wildman–Crippen MR) is 70.4 cm³/mol. The van der Waals surface area contributed by atoms with Crippen molar-refractivity contribution in [3.63, 3.8) is 0 Å². The maximum atomic E-state index is 11.9.